The average Bonchev–Trinajstić information content (AvgIpc) is 2.57. The van der Waals surface area contributed by atoms with Gasteiger partial charge < -0.3 is 21.1 Å². The number of carbonyl (C=O) groups excluding carboxylic acids is 1. The highest BCUT2D eigenvalue weighted by atomic mass is 35.5. The van der Waals surface area contributed by atoms with Crippen LogP contribution in [0.3, 0.4) is 0 Å². The van der Waals surface area contributed by atoms with Crippen molar-refractivity contribution in [3.05, 3.63) is 23.8 Å². The molecule has 0 aromatic heterocycles. The van der Waals surface area contributed by atoms with Gasteiger partial charge in [-0.1, -0.05) is 12.5 Å². The molecule has 1 amide bonds. The van der Waals surface area contributed by atoms with Gasteiger partial charge >= 0.3 is 12.1 Å². The minimum absolute atomic E-state index is 0. The number of hydrogen-bond acceptors (Lipinski definition) is 5. The quantitative estimate of drug-likeness (QED) is 0.537. The van der Waals surface area contributed by atoms with Crippen LogP contribution in [-0.4, -0.2) is 37.1 Å². The van der Waals surface area contributed by atoms with E-state index in [0.29, 0.717) is 30.2 Å². The van der Waals surface area contributed by atoms with Crippen LogP contribution < -0.4 is 21.1 Å². The molecule has 1 heterocycles. The highest BCUT2D eigenvalue weighted by molar-refractivity contribution is 5.89. The molecule has 6 nitrogen and oxygen atoms in total. The monoisotopic (exact) mass is 444 g/mol. The van der Waals surface area contributed by atoms with Gasteiger partial charge in [-0.05, 0) is 44.0 Å². The number of hydrogen-bond donors (Lipinski definition) is 3. The number of amidine groups is 1. The molecule has 0 fully saturated rings. The van der Waals surface area contributed by atoms with Crippen LogP contribution in [0, 0.1) is 0 Å². The van der Waals surface area contributed by atoms with Crippen LogP contribution in [0.15, 0.2) is 23.2 Å². The number of benzene rings is 1. The van der Waals surface area contributed by atoms with Crippen molar-refractivity contribution in [1.29, 1.82) is 0 Å². The van der Waals surface area contributed by atoms with Gasteiger partial charge in [0.2, 0.25) is 0 Å². The van der Waals surface area contributed by atoms with Crippen molar-refractivity contribution in [1.82, 2.24) is 10.6 Å². The van der Waals surface area contributed by atoms with Crippen LogP contribution in [0.1, 0.15) is 31.7 Å². The van der Waals surface area contributed by atoms with Gasteiger partial charge in [0.15, 0.2) is 6.10 Å². The minimum Gasteiger partial charge on any atom is -0.481 e. The zero-order chi connectivity index (χ0) is 19.2. The molecule has 0 bridgehead atoms. The summed E-state index contributed by atoms with van der Waals surface area (Å²) in [4.78, 5) is 14.9. The summed E-state index contributed by atoms with van der Waals surface area (Å²) in [6.45, 7) is 3.24. The first-order valence-corrected chi connectivity index (χ1v) is 8.47. The Bertz CT molecular complexity index is 672. The van der Waals surface area contributed by atoms with Gasteiger partial charge in [0.25, 0.3) is 0 Å². The number of halogens is 5. The minimum atomic E-state index is -4.81. The van der Waals surface area contributed by atoms with E-state index in [1.54, 1.807) is 0 Å². The summed E-state index contributed by atoms with van der Waals surface area (Å²) in [6.07, 6.45) is -3.01. The first kappa shape index (κ1) is 26.3. The molecule has 1 unspecified atom stereocenters. The number of alkyl halides is 3. The Balaban J connectivity index is 0.00000364. The number of amides is 1. The Hall–Kier alpha value is -1.71. The molecule has 1 aromatic rings. The lowest BCUT2D eigenvalue weighted by molar-refractivity contribution is -0.173. The second-order valence-corrected chi connectivity index (χ2v) is 6.09. The molecule has 28 heavy (non-hydrogen) atoms. The van der Waals surface area contributed by atoms with Crippen molar-refractivity contribution >= 4 is 42.2 Å². The van der Waals surface area contributed by atoms with E-state index >= 15 is 0 Å². The number of nitrogens with zero attached hydrogens (tertiary/aromatic N) is 1. The molecule has 0 saturated heterocycles. The van der Waals surface area contributed by atoms with E-state index in [2.05, 4.69) is 10.3 Å². The van der Waals surface area contributed by atoms with Crippen LogP contribution in [0.4, 0.5) is 18.9 Å². The fourth-order valence-corrected chi connectivity index (χ4v) is 2.43. The van der Waals surface area contributed by atoms with Crippen LogP contribution in [-0.2, 0) is 11.3 Å². The van der Waals surface area contributed by atoms with E-state index < -0.39 is 12.1 Å². The van der Waals surface area contributed by atoms with Crippen LogP contribution in [0.2, 0.25) is 0 Å². The molecule has 0 spiro atoms. The maximum absolute atomic E-state index is 12.0. The molecule has 4 N–H and O–H groups in total. The standard InChI is InChI=1S/C17H23F3N4O2.2ClH/c1-11-15(21)24-13-9-12(5-6-14(13)26-11)10-22-7-3-2-4-8-23-16(25)17(18,19)20;;/h5-6,9,11,22H,2-4,7-8,10H2,1H3,(H2,21,24)(H,23,25);2*1H. The molecular formula is C17H25Cl2F3N4O2. The van der Waals surface area contributed by atoms with Crippen molar-refractivity contribution in [2.24, 2.45) is 10.7 Å². The third kappa shape index (κ3) is 8.12. The predicted molar refractivity (Wildman–Crippen MR) is 107 cm³/mol. The van der Waals surface area contributed by atoms with Gasteiger partial charge in [-0.25, -0.2) is 4.99 Å². The van der Waals surface area contributed by atoms with Gasteiger partial charge in [0.1, 0.15) is 17.3 Å². The zero-order valence-corrected chi connectivity index (χ0v) is 17.0. The topological polar surface area (TPSA) is 88.7 Å². The zero-order valence-electron chi connectivity index (χ0n) is 15.3. The molecule has 1 aromatic carbocycles. The van der Waals surface area contributed by atoms with Gasteiger partial charge in [-0.2, -0.15) is 13.2 Å². The van der Waals surface area contributed by atoms with Crippen LogP contribution in [0.5, 0.6) is 5.75 Å². The number of unbranched alkanes of at least 4 members (excludes halogenated alkanes) is 2. The summed E-state index contributed by atoms with van der Waals surface area (Å²) in [6, 6.07) is 5.72. The lowest BCUT2D eigenvalue weighted by Crippen LogP contribution is -2.37. The Morgan fingerprint density at radius 2 is 1.89 bits per heavy atom. The Morgan fingerprint density at radius 3 is 2.57 bits per heavy atom. The molecule has 160 valence electrons. The van der Waals surface area contributed by atoms with E-state index in [0.717, 1.165) is 24.9 Å². The maximum atomic E-state index is 12.0. The van der Waals surface area contributed by atoms with Crippen molar-refractivity contribution in [3.8, 4) is 5.75 Å². The predicted octanol–water partition coefficient (Wildman–Crippen LogP) is 3.24. The van der Waals surface area contributed by atoms with Gasteiger partial charge in [0.05, 0.1) is 0 Å². The summed E-state index contributed by atoms with van der Waals surface area (Å²) in [7, 11) is 0. The van der Waals surface area contributed by atoms with Gasteiger partial charge in [-0.15, -0.1) is 24.8 Å². The SMILES string of the molecule is CC1Oc2ccc(CNCCCCCNC(=O)C(F)(F)F)cc2N=C1N.Cl.Cl. The average molecular weight is 445 g/mol. The molecule has 2 rings (SSSR count). The first-order valence-electron chi connectivity index (χ1n) is 8.47. The highest BCUT2D eigenvalue weighted by Crippen LogP contribution is 2.32. The fraction of sp³-hybridized carbons (Fsp3) is 0.529. The maximum Gasteiger partial charge on any atom is 0.471 e. The van der Waals surface area contributed by atoms with Gasteiger partial charge in [0, 0.05) is 13.1 Å². The number of aliphatic imine (C=N–C) groups is 1. The summed E-state index contributed by atoms with van der Waals surface area (Å²) in [5.74, 6) is -0.735. The summed E-state index contributed by atoms with van der Waals surface area (Å²) >= 11 is 0. The molecular weight excluding hydrogens is 420 g/mol. The summed E-state index contributed by atoms with van der Waals surface area (Å²) in [5.41, 5.74) is 7.53. The number of rotatable bonds is 8. The molecule has 0 radical (unpaired) electrons. The van der Waals surface area contributed by atoms with Crippen molar-refractivity contribution in [3.63, 3.8) is 0 Å². The van der Waals surface area contributed by atoms with Crippen LogP contribution >= 0.6 is 24.8 Å². The summed E-state index contributed by atoms with van der Waals surface area (Å²) in [5, 5.41) is 5.12. The lowest BCUT2D eigenvalue weighted by atomic mass is 10.1. The second kappa shape index (κ2) is 12.0. The van der Waals surface area contributed by atoms with Crippen molar-refractivity contribution in [2.75, 3.05) is 13.1 Å². The normalized spacial score (nSPS) is 15.3. The van der Waals surface area contributed by atoms with Crippen LogP contribution in [0.25, 0.3) is 0 Å². The number of ether oxygens (including phenoxy) is 1. The Labute approximate surface area is 174 Å². The number of nitrogens with one attached hydrogen (secondary N) is 2. The Kier molecular flexibility index (Phi) is 11.2. The second-order valence-electron chi connectivity index (χ2n) is 6.09. The van der Waals surface area contributed by atoms with Crippen molar-refractivity contribution in [2.45, 2.75) is 45.0 Å². The largest absolute Gasteiger partial charge is 0.481 e. The highest BCUT2D eigenvalue weighted by Gasteiger charge is 2.38. The van der Waals surface area contributed by atoms with E-state index in [-0.39, 0.29) is 37.5 Å². The summed E-state index contributed by atoms with van der Waals surface area (Å²) < 4.78 is 41.6. The molecule has 0 saturated carbocycles. The van der Waals surface area contributed by atoms with E-state index in [1.165, 1.54) is 0 Å². The smallest absolute Gasteiger partial charge is 0.471 e. The van der Waals surface area contributed by atoms with E-state index in [4.69, 9.17) is 10.5 Å². The third-order valence-corrected chi connectivity index (χ3v) is 3.90. The molecule has 11 heteroatoms. The third-order valence-electron chi connectivity index (χ3n) is 3.90. The lowest BCUT2D eigenvalue weighted by Gasteiger charge is -2.21. The fourth-order valence-electron chi connectivity index (χ4n) is 2.43. The van der Waals surface area contributed by atoms with E-state index in [9.17, 15) is 18.0 Å². The molecule has 0 aliphatic carbocycles. The Morgan fingerprint density at radius 1 is 1.21 bits per heavy atom. The van der Waals surface area contributed by atoms with Gasteiger partial charge in [-0.3, -0.25) is 4.79 Å². The van der Waals surface area contributed by atoms with E-state index in [1.807, 2.05) is 30.4 Å². The van der Waals surface area contributed by atoms with Crippen molar-refractivity contribution < 1.29 is 22.7 Å². The molecule has 1 aliphatic rings. The number of carbonyl (C=O) groups is 1. The number of fused-ring (bicyclic) bond motifs is 1. The first-order chi connectivity index (χ1) is 12.3. The number of nitrogens with two attached hydrogens (primary N) is 1. The molecule has 1 atom stereocenters. The molecule has 1 aliphatic heterocycles.